The van der Waals surface area contributed by atoms with E-state index < -0.39 is 5.97 Å². The summed E-state index contributed by atoms with van der Waals surface area (Å²) < 4.78 is 0. The van der Waals surface area contributed by atoms with E-state index in [2.05, 4.69) is 60.3 Å². The highest BCUT2D eigenvalue weighted by Gasteiger charge is 2.44. The van der Waals surface area contributed by atoms with E-state index >= 15 is 0 Å². The number of carbonyl (C=O) groups is 1. The van der Waals surface area contributed by atoms with Gasteiger partial charge < -0.3 is 4.89 Å². The van der Waals surface area contributed by atoms with Crippen molar-refractivity contribution < 1.29 is 14.9 Å². The van der Waals surface area contributed by atoms with Crippen molar-refractivity contribution in [1.82, 2.24) is 0 Å². The first kappa shape index (κ1) is 19.4. The van der Waals surface area contributed by atoms with Crippen molar-refractivity contribution in [2.24, 2.45) is 22.2 Å². The summed E-state index contributed by atoms with van der Waals surface area (Å²) in [6.45, 7) is 17.2. The van der Waals surface area contributed by atoms with Gasteiger partial charge in [0, 0.05) is 0 Å². The summed E-state index contributed by atoms with van der Waals surface area (Å²) in [5.74, 6) is -0.770. The van der Waals surface area contributed by atoms with E-state index in [-0.39, 0.29) is 16.7 Å². The van der Waals surface area contributed by atoms with Gasteiger partial charge in [-0.05, 0) is 29.1 Å². The van der Waals surface area contributed by atoms with Gasteiger partial charge in [-0.2, -0.15) is 5.26 Å². The summed E-state index contributed by atoms with van der Waals surface area (Å²) in [4.78, 5) is 16.0. The minimum absolute atomic E-state index is 0.0319. The third kappa shape index (κ3) is 5.82. The van der Waals surface area contributed by atoms with Gasteiger partial charge in [0.1, 0.15) is 0 Å². The maximum absolute atomic E-state index is 11.9. The van der Waals surface area contributed by atoms with Crippen LogP contribution in [0.1, 0.15) is 81.1 Å². The van der Waals surface area contributed by atoms with Crippen molar-refractivity contribution >= 4 is 5.97 Å². The SMILES string of the molecule is CC(C)(C)CCCCC(C(=O)OO)C(C)(C)C(C)(C)C. The van der Waals surface area contributed by atoms with Gasteiger partial charge in [0.2, 0.25) is 0 Å². The number of unbranched alkanes of at least 4 members (excludes halogenated alkanes) is 1. The maximum atomic E-state index is 11.9. The molecule has 20 heavy (non-hydrogen) atoms. The van der Waals surface area contributed by atoms with E-state index in [4.69, 9.17) is 5.26 Å². The van der Waals surface area contributed by atoms with Crippen LogP contribution >= 0.6 is 0 Å². The molecule has 0 aliphatic rings. The summed E-state index contributed by atoms with van der Waals surface area (Å²) >= 11 is 0. The third-order valence-corrected chi connectivity index (χ3v) is 4.85. The number of carbonyl (C=O) groups excluding carboxylic acids is 1. The van der Waals surface area contributed by atoms with Crippen molar-refractivity contribution in [3.05, 3.63) is 0 Å². The first-order valence-corrected chi connectivity index (χ1v) is 7.68. The first-order chi connectivity index (χ1) is 8.83. The highest BCUT2D eigenvalue weighted by molar-refractivity contribution is 5.72. The molecule has 3 heteroatoms. The Bertz CT molecular complexity index is 305. The minimum Gasteiger partial charge on any atom is -0.301 e. The summed E-state index contributed by atoms with van der Waals surface area (Å²) in [5.41, 5.74) is 0.0664. The van der Waals surface area contributed by atoms with Crippen molar-refractivity contribution in [3.8, 4) is 0 Å². The lowest BCUT2D eigenvalue weighted by Crippen LogP contribution is -2.41. The van der Waals surface area contributed by atoms with E-state index in [0.717, 1.165) is 25.7 Å². The Morgan fingerprint density at radius 2 is 1.50 bits per heavy atom. The molecule has 3 nitrogen and oxygen atoms in total. The maximum Gasteiger partial charge on any atom is 0.345 e. The minimum atomic E-state index is -0.499. The predicted octanol–water partition coefficient (Wildman–Crippen LogP) is 5.30. The quantitative estimate of drug-likeness (QED) is 0.409. The highest BCUT2D eigenvalue weighted by Crippen LogP contribution is 2.46. The number of hydrogen-bond donors (Lipinski definition) is 1. The van der Waals surface area contributed by atoms with Gasteiger partial charge in [-0.25, -0.2) is 4.79 Å². The Kier molecular flexibility index (Phi) is 6.73. The lowest BCUT2D eigenvalue weighted by Gasteiger charge is -2.43. The molecule has 0 bridgehead atoms. The molecule has 0 aromatic carbocycles. The van der Waals surface area contributed by atoms with Gasteiger partial charge >= 0.3 is 5.97 Å². The average molecular weight is 286 g/mol. The molecule has 0 amide bonds. The van der Waals surface area contributed by atoms with Gasteiger partial charge in [-0.3, -0.25) is 0 Å². The van der Waals surface area contributed by atoms with Crippen LogP contribution in [0.25, 0.3) is 0 Å². The van der Waals surface area contributed by atoms with E-state index in [9.17, 15) is 4.79 Å². The lowest BCUT2D eigenvalue weighted by molar-refractivity contribution is -0.244. The van der Waals surface area contributed by atoms with Crippen LogP contribution in [0, 0.1) is 22.2 Å². The molecule has 0 fully saturated rings. The first-order valence-electron chi connectivity index (χ1n) is 7.68. The fourth-order valence-corrected chi connectivity index (χ4v) is 2.36. The second-order valence-electron chi connectivity index (χ2n) is 8.74. The lowest BCUT2D eigenvalue weighted by atomic mass is 9.61. The predicted molar refractivity (Wildman–Crippen MR) is 83.4 cm³/mol. The molecule has 0 aliphatic heterocycles. The molecule has 0 heterocycles. The van der Waals surface area contributed by atoms with Crippen molar-refractivity contribution in [1.29, 1.82) is 0 Å². The van der Waals surface area contributed by atoms with E-state index in [1.165, 1.54) is 0 Å². The van der Waals surface area contributed by atoms with Gasteiger partial charge in [0.25, 0.3) is 0 Å². The third-order valence-electron chi connectivity index (χ3n) is 4.85. The molecule has 0 saturated heterocycles. The fraction of sp³-hybridized carbons (Fsp3) is 0.941. The van der Waals surface area contributed by atoms with Crippen LogP contribution in [0.5, 0.6) is 0 Å². The molecule has 0 aromatic rings. The molecule has 1 N–H and O–H groups in total. The molecule has 0 radical (unpaired) electrons. The van der Waals surface area contributed by atoms with Crippen LogP contribution in [0.2, 0.25) is 0 Å². The summed E-state index contributed by atoms with van der Waals surface area (Å²) in [6, 6.07) is 0. The topological polar surface area (TPSA) is 46.5 Å². The van der Waals surface area contributed by atoms with Crippen LogP contribution in [0.4, 0.5) is 0 Å². The van der Waals surface area contributed by atoms with E-state index in [1.54, 1.807) is 0 Å². The van der Waals surface area contributed by atoms with Crippen LogP contribution in [-0.2, 0) is 9.68 Å². The molecular formula is C17H34O3. The molecule has 120 valence electrons. The summed E-state index contributed by atoms with van der Waals surface area (Å²) in [6.07, 6.45) is 3.99. The number of rotatable bonds is 6. The second kappa shape index (κ2) is 6.93. The van der Waals surface area contributed by atoms with Gasteiger partial charge in [0.15, 0.2) is 0 Å². The van der Waals surface area contributed by atoms with E-state index in [1.807, 2.05) is 0 Å². The van der Waals surface area contributed by atoms with Gasteiger partial charge in [0.05, 0.1) is 5.92 Å². The Morgan fingerprint density at radius 1 is 1.00 bits per heavy atom. The molecular weight excluding hydrogens is 252 g/mol. The molecule has 1 atom stereocenters. The Labute approximate surface area is 125 Å². The van der Waals surface area contributed by atoms with Crippen molar-refractivity contribution in [2.45, 2.75) is 81.1 Å². The normalized spacial score (nSPS) is 15.1. The average Bonchev–Trinajstić information content (AvgIpc) is 2.24. The zero-order valence-corrected chi connectivity index (χ0v) is 14.7. The zero-order chi connectivity index (χ0) is 16.2. The largest absolute Gasteiger partial charge is 0.345 e. The molecule has 0 spiro atoms. The Hall–Kier alpha value is -0.570. The van der Waals surface area contributed by atoms with Crippen molar-refractivity contribution in [2.75, 3.05) is 0 Å². The number of hydrogen-bond acceptors (Lipinski definition) is 3. The molecule has 0 saturated carbocycles. The molecule has 0 aromatic heterocycles. The van der Waals surface area contributed by atoms with Crippen molar-refractivity contribution in [3.63, 3.8) is 0 Å². The highest BCUT2D eigenvalue weighted by atomic mass is 17.1. The smallest absolute Gasteiger partial charge is 0.301 e. The Balaban J connectivity index is 4.73. The molecule has 1 unspecified atom stereocenters. The van der Waals surface area contributed by atoms with Crippen LogP contribution in [0.3, 0.4) is 0 Å². The van der Waals surface area contributed by atoms with Gasteiger partial charge in [-0.1, -0.05) is 68.2 Å². The summed E-state index contributed by atoms with van der Waals surface area (Å²) in [5, 5.41) is 8.77. The zero-order valence-electron chi connectivity index (χ0n) is 14.7. The van der Waals surface area contributed by atoms with E-state index in [0.29, 0.717) is 5.41 Å². The second-order valence-corrected chi connectivity index (χ2v) is 8.74. The monoisotopic (exact) mass is 286 g/mol. The van der Waals surface area contributed by atoms with Crippen LogP contribution < -0.4 is 0 Å². The molecule has 0 rings (SSSR count). The fourth-order valence-electron chi connectivity index (χ4n) is 2.36. The summed E-state index contributed by atoms with van der Waals surface area (Å²) in [7, 11) is 0. The Morgan fingerprint density at radius 3 is 1.85 bits per heavy atom. The standard InChI is InChI=1S/C17H34O3/c1-15(2,3)12-10-9-11-13(14(18)20-19)17(7,8)16(4,5)6/h13,19H,9-12H2,1-8H3. The van der Waals surface area contributed by atoms with Crippen LogP contribution in [-0.4, -0.2) is 11.2 Å². The molecule has 0 aliphatic carbocycles. The van der Waals surface area contributed by atoms with Gasteiger partial charge in [-0.15, -0.1) is 0 Å². The van der Waals surface area contributed by atoms with Crippen LogP contribution in [0.15, 0.2) is 0 Å².